The summed E-state index contributed by atoms with van der Waals surface area (Å²) in [6.45, 7) is 4.44. The van der Waals surface area contributed by atoms with E-state index in [4.69, 9.17) is 18.9 Å². The quantitative estimate of drug-likeness (QED) is 0.0268. The molecule has 1 aliphatic heterocycles. The van der Waals surface area contributed by atoms with Crippen LogP contribution in [-0.2, 0) is 23.7 Å². The van der Waals surface area contributed by atoms with Crippen molar-refractivity contribution in [1.29, 1.82) is 0 Å². The Bertz CT molecular complexity index is 1130. The molecule has 62 heavy (non-hydrogen) atoms. The number of rotatable bonds is 43. The summed E-state index contributed by atoms with van der Waals surface area (Å²) < 4.78 is 22.9. The number of carbonyl (C=O) groups excluding carboxylic acids is 1. The van der Waals surface area contributed by atoms with Crippen LogP contribution in [0.1, 0.15) is 206 Å². The molecule has 4 N–H and O–H groups in total. The fraction of sp³-hybridized carbons (Fsp3) is 0.792. The molecule has 1 rings (SSSR count). The van der Waals surface area contributed by atoms with Crippen molar-refractivity contribution in [2.45, 2.75) is 243 Å². The van der Waals surface area contributed by atoms with Crippen molar-refractivity contribution in [2.75, 3.05) is 26.4 Å². The minimum absolute atomic E-state index is 0.119. The Morgan fingerprint density at radius 1 is 0.532 bits per heavy atom. The molecule has 6 atom stereocenters. The highest BCUT2D eigenvalue weighted by atomic mass is 16.7. The Labute approximate surface area is 379 Å². The van der Waals surface area contributed by atoms with Gasteiger partial charge in [-0.1, -0.05) is 184 Å². The molecule has 0 saturated carbocycles. The van der Waals surface area contributed by atoms with Crippen LogP contribution in [0.3, 0.4) is 0 Å². The first kappa shape index (κ1) is 57.9. The van der Waals surface area contributed by atoms with Crippen molar-refractivity contribution in [2.24, 2.45) is 0 Å². The zero-order chi connectivity index (χ0) is 45.0. The highest BCUT2D eigenvalue weighted by Crippen LogP contribution is 2.23. The molecule has 360 valence electrons. The molecule has 0 amide bonds. The van der Waals surface area contributed by atoms with Crippen molar-refractivity contribution in [3.63, 3.8) is 0 Å². The molecule has 1 saturated heterocycles. The summed E-state index contributed by atoms with van der Waals surface area (Å²) in [6, 6.07) is 0. The summed E-state index contributed by atoms with van der Waals surface area (Å²) >= 11 is 0. The Kier molecular flexibility index (Phi) is 41.2. The number of aliphatic hydroxyl groups is 4. The molecule has 0 radical (unpaired) electrons. The van der Waals surface area contributed by atoms with Crippen LogP contribution in [0.25, 0.3) is 0 Å². The van der Waals surface area contributed by atoms with E-state index in [0.29, 0.717) is 13.0 Å². The van der Waals surface area contributed by atoms with Crippen LogP contribution in [-0.4, -0.2) is 89.6 Å². The molecule has 1 fully saturated rings. The summed E-state index contributed by atoms with van der Waals surface area (Å²) in [4.78, 5) is 12.8. The van der Waals surface area contributed by atoms with Gasteiger partial charge in [0.05, 0.1) is 19.8 Å². The average Bonchev–Trinajstić information content (AvgIpc) is 3.27. The molecule has 6 unspecified atom stereocenters. The fourth-order valence-corrected chi connectivity index (χ4v) is 7.48. The highest BCUT2D eigenvalue weighted by molar-refractivity contribution is 5.69. The summed E-state index contributed by atoms with van der Waals surface area (Å²) in [7, 11) is 0. The Morgan fingerprint density at radius 2 is 0.984 bits per heavy atom. The molecule has 9 heteroatoms. The lowest BCUT2D eigenvalue weighted by atomic mass is 9.99. The summed E-state index contributed by atoms with van der Waals surface area (Å²) in [5.41, 5.74) is 0. The van der Waals surface area contributed by atoms with Crippen molar-refractivity contribution >= 4 is 5.97 Å². The van der Waals surface area contributed by atoms with E-state index < -0.39 is 43.4 Å². The monoisotopic (exact) mass is 875 g/mol. The molecule has 0 aromatic rings. The van der Waals surface area contributed by atoms with E-state index in [1.165, 1.54) is 122 Å². The molecule has 9 nitrogen and oxygen atoms in total. The average molecular weight is 875 g/mol. The van der Waals surface area contributed by atoms with Crippen LogP contribution in [0, 0.1) is 0 Å². The van der Waals surface area contributed by atoms with Gasteiger partial charge in [-0.3, -0.25) is 4.79 Å². The van der Waals surface area contributed by atoms with Crippen LogP contribution in [0.5, 0.6) is 0 Å². The summed E-state index contributed by atoms with van der Waals surface area (Å²) in [5, 5.41) is 40.2. The predicted molar refractivity (Wildman–Crippen MR) is 256 cm³/mol. The number of aliphatic hydroxyl groups excluding tert-OH is 4. The van der Waals surface area contributed by atoms with Crippen molar-refractivity contribution in [1.82, 2.24) is 0 Å². The second-order valence-corrected chi connectivity index (χ2v) is 17.2. The van der Waals surface area contributed by atoms with E-state index in [1.54, 1.807) is 0 Å². The number of unbranched alkanes of at least 4 members (excludes halogenated alkanes) is 22. The van der Waals surface area contributed by atoms with Crippen LogP contribution in [0.15, 0.2) is 60.8 Å². The van der Waals surface area contributed by atoms with Gasteiger partial charge < -0.3 is 39.4 Å². The molecule has 0 spiro atoms. The van der Waals surface area contributed by atoms with Gasteiger partial charge in [-0.25, -0.2) is 0 Å². The van der Waals surface area contributed by atoms with E-state index in [1.807, 2.05) is 0 Å². The Hall–Kier alpha value is -2.11. The second kappa shape index (κ2) is 44.1. The van der Waals surface area contributed by atoms with E-state index in [9.17, 15) is 25.2 Å². The Balaban J connectivity index is 2.22. The minimum atomic E-state index is -1.54. The lowest BCUT2D eigenvalue weighted by molar-refractivity contribution is -0.305. The van der Waals surface area contributed by atoms with Gasteiger partial charge in [0.25, 0.3) is 0 Å². The van der Waals surface area contributed by atoms with Gasteiger partial charge in [-0.2, -0.15) is 0 Å². The SMILES string of the molecule is CC/C=C\C/C=C\C/C=C\C/C=C\CCCCCCCCCCC(=O)OC(COCCCCCCCCCC/C=C\CCCCCCCC)COC1OC(CO)C(O)C(O)C1O. The first-order valence-corrected chi connectivity index (χ1v) is 25.4. The van der Waals surface area contributed by atoms with Gasteiger partial charge in [0.15, 0.2) is 6.29 Å². The van der Waals surface area contributed by atoms with Gasteiger partial charge in [-0.05, 0) is 77.0 Å². The molecular formula is C53H94O9. The lowest BCUT2D eigenvalue weighted by Crippen LogP contribution is -2.59. The smallest absolute Gasteiger partial charge is 0.306 e. The van der Waals surface area contributed by atoms with Gasteiger partial charge in [0.2, 0.25) is 0 Å². The summed E-state index contributed by atoms with van der Waals surface area (Å²) in [5.74, 6) is -0.323. The molecule has 0 bridgehead atoms. The van der Waals surface area contributed by atoms with Gasteiger partial charge in [-0.15, -0.1) is 0 Å². The van der Waals surface area contributed by atoms with Gasteiger partial charge in [0.1, 0.15) is 30.5 Å². The van der Waals surface area contributed by atoms with E-state index in [-0.39, 0.29) is 19.2 Å². The number of hydrogen-bond acceptors (Lipinski definition) is 9. The minimum Gasteiger partial charge on any atom is -0.457 e. The van der Waals surface area contributed by atoms with Crippen LogP contribution in [0.2, 0.25) is 0 Å². The lowest BCUT2D eigenvalue weighted by Gasteiger charge is -2.39. The number of esters is 1. The molecule has 0 aromatic carbocycles. The maximum Gasteiger partial charge on any atom is 0.306 e. The maximum atomic E-state index is 12.8. The molecule has 0 aliphatic carbocycles. The molecule has 0 aromatic heterocycles. The second-order valence-electron chi connectivity index (χ2n) is 17.2. The number of hydrogen-bond donors (Lipinski definition) is 4. The third-order valence-electron chi connectivity index (χ3n) is 11.4. The largest absolute Gasteiger partial charge is 0.457 e. The van der Waals surface area contributed by atoms with Crippen molar-refractivity contribution in [3.05, 3.63) is 60.8 Å². The number of allylic oxidation sites excluding steroid dienone is 10. The summed E-state index contributed by atoms with van der Waals surface area (Å²) in [6.07, 6.45) is 49.6. The van der Waals surface area contributed by atoms with Crippen LogP contribution < -0.4 is 0 Å². The van der Waals surface area contributed by atoms with Gasteiger partial charge >= 0.3 is 5.97 Å². The van der Waals surface area contributed by atoms with Crippen LogP contribution >= 0.6 is 0 Å². The zero-order valence-corrected chi connectivity index (χ0v) is 39.6. The van der Waals surface area contributed by atoms with Gasteiger partial charge in [0, 0.05) is 13.0 Å². The third kappa shape index (κ3) is 34.3. The Morgan fingerprint density at radius 3 is 1.50 bits per heavy atom. The first-order valence-electron chi connectivity index (χ1n) is 25.4. The maximum absolute atomic E-state index is 12.8. The van der Waals surface area contributed by atoms with Crippen LogP contribution in [0.4, 0.5) is 0 Å². The molecule has 1 aliphatic rings. The normalized spacial score (nSPS) is 20.3. The predicted octanol–water partition coefficient (Wildman–Crippen LogP) is 12.3. The van der Waals surface area contributed by atoms with E-state index in [2.05, 4.69) is 74.6 Å². The zero-order valence-electron chi connectivity index (χ0n) is 39.6. The van der Waals surface area contributed by atoms with E-state index in [0.717, 1.165) is 64.2 Å². The standard InChI is InChI=1S/C53H94O9/c1-3-5-7-9-11-13-15-17-19-21-23-24-25-26-28-30-32-34-36-38-40-42-49(55)61-47(46-60-53-52(58)51(57)50(56)48(44-54)62-53)45-59-43-41-39-37-35-33-31-29-27-22-20-18-16-14-12-10-8-6-4-2/h5,7,11,13,17-20,23-24,47-48,50-54,56-58H,3-4,6,8-10,12,14-16,21-22,25-46H2,1-2H3/b7-5-,13-11-,19-17-,20-18-,24-23-. The van der Waals surface area contributed by atoms with Crippen molar-refractivity contribution < 1.29 is 44.2 Å². The number of carbonyl (C=O) groups is 1. The molecular weight excluding hydrogens is 781 g/mol. The van der Waals surface area contributed by atoms with E-state index >= 15 is 0 Å². The first-order chi connectivity index (χ1) is 30.4. The molecule has 1 heterocycles. The number of ether oxygens (including phenoxy) is 4. The fourth-order valence-electron chi connectivity index (χ4n) is 7.48. The topological polar surface area (TPSA) is 135 Å². The van der Waals surface area contributed by atoms with Crippen molar-refractivity contribution in [3.8, 4) is 0 Å². The highest BCUT2D eigenvalue weighted by Gasteiger charge is 2.44. The third-order valence-corrected chi connectivity index (χ3v) is 11.4.